The zero-order chi connectivity index (χ0) is 13.8. The molecule has 1 aromatic carbocycles. The number of esters is 1. The predicted molar refractivity (Wildman–Crippen MR) is 73.4 cm³/mol. The van der Waals surface area contributed by atoms with Crippen LogP contribution in [0.15, 0.2) is 24.3 Å². The van der Waals surface area contributed by atoms with Crippen LogP contribution in [-0.2, 0) is 9.53 Å². The Morgan fingerprint density at radius 3 is 2.42 bits per heavy atom. The van der Waals surface area contributed by atoms with E-state index in [2.05, 4.69) is 4.90 Å². The molecular formula is C15H19NO3. The SMILES string of the molecule is COC(=O)C1CCN(c2ccccc2C(C)=O)CC1. The summed E-state index contributed by atoms with van der Waals surface area (Å²) in [6, 6.07) is 7.63. The fourth-order valence-corrected chi connectivity index (χ4v) is 2.57. The highest BCUT2D eigenvalue weighted by Gasteiger charge is 2.26. The lowest BCUT2D eigenvalue weighted by molar-refractivity contribution is -0.146. The Kier molecular flexibility index (Phi) is 4.20. The largest absolute Gasteiger partial charge is 0.469 e. The summed E-state index contributed by atoms with van der Waals surface area (Å²) < 4.78 is 4.78. The number of methoxy groups -OCH3 is 1. The molecular weight excluding hydrogens is 242 g/mol. The molecule has 2 rings (SSSR count). The van der Waals surface area contributed by atoms with Crippen molar-refractivity contribution in [2.75, 3.05) is 25.1 Å². The van der Waals surface area contributed by atoms with Gasteiger partial charge in [0.1, 0.15) is 0 Å². The topological polar surface area (TPSA) is 46.6 Å². The second kappa shape index (κ2) is 5.87. The number of piperidine rings is 1. The molecule has 0 bridgehead atoms. The standard InChI is InChI=1S/C15H19NO3/c1-11(17)13-5-3-4-6-14(13)16-9-7-12(8-10-16)15(18)19-2/h3-6,12H,7-10H2,1-2H3. The van der Waals surface area contributed by atoms with E-state index in [1.807, 2.05) is 24.3 Å². The molecule has 0 saturated carbocycles. The molecule has 0 aromatic heterocycles. The molecule has 0 amide bonds. The highest BCUT2D eigenvalue weighted by atomic mass is 16.5. The van der Waals surface area contributed by atoms with Crippen molar-refractivity contribution in [3.8, 4) is 0 Å². The molecule has 0 radical (unpaired) electrons. The highest BCUT2D eigenvalue weighted by Crippen LogP contribution is 2.27. The summed E-state index contributed by atoms with van der Waals surface area (Å²) in [5.41, 5.74) is 1.72. The van der Waals surface area contributed by atoms with Gasteiger partial charge in [-0.25, -0.2) is 0 Å². The molecule has 102 valence electrons. The van der Waals surface area contributed by atoms with Crippen LogP contribution in [0.3, 0.4) is 0 Å². The number of Topliss-reactive ketones (excluding diaryl/α,β-unsaturated/α-hetero) is 1. The van der Waals surface area contributed by atoms with E-state index in [0.717, 1.165) is 37.2 Å². The van der Waals surface area contributed by atoms with Gasteiger partial charge in [-0.05, 0) is 31.9 Å². The van der Waals surface area contributed by atoms with Gasteiger partial charge >= 0.3 is 5.97 Å². The van der Waals surface area contributed by atoms with Crippen molar-refractivity contribution < 1.29 is 14.3 Å². The molecule has 1 heterocycles. The number of benzene rings is 1. The summed E-state index contributed by atoms with van der Waals surface area (Å²) in [4.78, 5) is 25.3. The molecule has 0 N–H and O–H groups in total. The lowest BCUT2D eigenvalue weighted by Gasteiger charge is -2.33. The monoisotopic (exact) mass is 261 g/mol. The number of carbonyl (C=O) groups is 2. The third-order valence-electron chi connectivity index (χ3n) is 3.65. The van der Waals surface area contributed by atoms with Gasteiger partial charge in [0.15, 0.2) is 5.78 Å². The molecule has 0 atom stereocenters. The van der Waals surface area contributed by atoms with Gasteiger partial charge in [0.05, 0.1) is 13.0 Å². The van der Waals surface area contributed by atoms with E-state index >= 15 is 0 Å². The summed E-state index contributed by atoms with van der Waals surface area (Å²) in [5, 5.41) is 0. The maximum Gasteiger partial charge on any atom is 0.308 e. The van der Waals surface area contributed by atoms with Crippen LogP contribution in [0.1, 0.15) is 30.1 Å². The Morgan fingerprint density at radius 1 is 1.21 bits per heavy atom. The minimum absolute atomic E-state index is 0.00857. The fraction of sp³-hybridized carbons (Fsp3) is 0.467. The van der Waals surface area contributed by atoms with E-state index < -0.39 is 0 Å². The van der Waals surface area contributed by atoms with Crippen molar-refractivity contribution in [3.63, 3.8) is 0 Å². The van der Waals surface area contributed by atoms with Gasteiger partial charge in [0, 0.05) is 24.3 Å². The third-order valence-corrected chi connectivity index (χ3v) is 3.65. The summed E-state index contributed by atoms with van der Waals surface area (Å²) in [6.45, 7) is 3.15. The Balaban J connectivity index is 2.10. The molecule has 1 aliphatic heterocycles. The summed E-state index contributed by atoms with van der Waals surface area (Å²) in [7, 11) is 1.43. The lowest BCUT2D eigenvalue weighted by Crippen LogP contribution is -2.37. The van der Waals surface area contributed by atoms with Gasteiger partial charge in [0.2, 0.25) is 0 Å². The number of ether oxygens (including phenoxy) is 1. The first kappa shape index (κ1) is 13.6. The number of hydrogen-bond acceptors (Lipinski definition) is 4. The van der Waals surface area contributed by atoms with Crippen LogP contribution < -0.4 is 4.90 Å². The van der Waals surface area contributed by atoms with Gasteiger partial charge in [-0.15, -0.1) is 0 Å². The van der Waals surface area contributed by atoms with Crippen LogP contribution >= 0.6 is 0 Å². The zero-order valence-electron chi connectivity index (χ0n) is 11.4. The van der Waals surface area contributed by atoms with E-state index in [-0.39, 0.29) is 17.7 Å². The summed E-state index contributed by atoms with van der Waals surface area (Å²) >= 11 is 0. The molecule has 1 fully saturated rings. The number of para-hydroxylation sites is 1. The number of ketones is 1. The minimum atomic E-state index is -0.125. The van der Waals surface area contributed by atoms with Gasteiger partial charge < -0.3 is 9.64 Å². The van der Waals surface area contributed by atoms with Crippen LogP contribution in [0.4, 0.5) is 5.69 Å². The second-order valence-corrected chi connectivity index (χ2v) is 4.86. The van der Waals surface area contributed by atoms with Crippen LogP contribution in [0.25, 0.3) is 0 Å². The average molecular weight is 261 g/mol. The Bertz CT molecular complexity index is 476. The minimum Gasteiger partial charge on any atom is -0.469 e. The Labute approximate surface area is 113 Å². The number of anilines is 1. The maximum absolute atomic E-state index is 11.6. The first-order chi connectivity index (χ1) is 9.13. The van der Waals surface area contributed by atoms with Crippen LogP contribution in [0.5, 0.6) is 0 Å². The van der Waals surface area contributed by atoms with Gasteiger partial charge in [-0.1, -0.05) is 12.1 Å². The maximum atomic E-state index is 11.6. The van der Waals surface area contributed by atoms with E-state index in [9.17, 15) is 9.59 Å². The highest BCUT2D eigenvalue weighted by molar-refractivity contribution is 5.99. The number of carbonyl (C=O) groups excluding carboxylic acids is 2. The van der Waals surface area contributed by atoms with Crippen molar-refractivity contribution in [1.82, 2.24) is 0 Å². The molecule has 0 aliphatic carbocycles. The van der Waals surface area contributed by atoms with Crippen molar-refractivity contribution >= 4 is 17.4 Å². The van der Waals surface area contributed by atoms with Crippen LogP contribution in [-0.4, -0.2) is 32.0 Å². The molecule has 1 aliphatic rings. The lowest BCUT2D eigenvalue weighted by atomic mass is 9.96. The molecule has 19 heavy (non-hydrogen) atoms. The Hall–Kier alpha value is -1.84. The van der Waals surface area contributed by atoms with Gasteiger partial charge in [-0.3, -0.25) is 9.59 Å². The quantitative estimate of drug-likeness (QED) is 0.618. The first-order valence-corrected chi connectivity index (χ1v) is 6.56. The molecule has 1 aromatic rings. The van der Waals surface area contributed by atoms with Crippen LogP contribution in [0.2, 0.25) is 0 Å². The van der Waals surface area contributed by atoms with E-state index in [0.29, 0.717) is 0 Å². The van der Waals surface area contributed by atoms with Gasteiger partial charge in [-0.2, -0.15) is 0 Å². The number of nitrogens with zero attached hydrogens (tertiary/aromatic N) is 1. The number of hydrogen-bond donors (Lipinski definition) is 0. The molecule has 0 unspecified atom stereocenters. The summed E-state index contributed by atoms with van der Waals surface area (Å²) in [5.74, 6) is -0.0593. The smallest absolute Gasteiger partial charge is 0.308 e. The van der Waals surface area contributed by atoms with E-state index in [4.69, 9.17) is 4.74 Å². The van der Waals surface area contributed by atoms with Crippen molar-refractivity contribution in [1.29, 1.82) is 0 Å². The molecule has 1 saturated heterocycles. The average Bonchev–Trinajstić information content (AvgIpc) is 2.46. The fourth-order valence-electron chi connectivity index (χ4n) is 2.57. The number of rotatable bonds is 3. The second-order valence-electron chi connectivity index (χ2n) is 4.86. The summed E-state index contributed by atoms with van der Waals surface area (Å²) in [6.07, 6.45) is 1.55. The van der Waals surface area contributed by atoms with Crippen molar-refractivity contribution in [2.45, 2.75) is 19.8 Å². The third kappa shape index (κ3) is 2.95. The molecule has 4 heteroatoms. The van der Waals surface area contributed by atoms with Crippen LogP contribution in [0, 0.1) is 5.92 Å². The zero-order valence-corrected chi connectivity index (χ0v) is 11.4. The molecule has 0 spiro atoms. The normalized spacial score (nSPS) is 16.2. The van der Waals surface area contributed by atoms with Crippen molar-refractivity contribution in [3.05, 3.63) is 29.8 Å². The first-order valence-electron chi connectivity index (χ1n) is 6.56. The molecule has 4 nitrogen and oxygen atoms in total. The van der Waals surface area contributed by atoms with Gasteiger partial charge in [0.25, 0.3) is 0 Å². The van der Waals surface area contributed by atoms with E-state index in [1.165, 1.54) is 7.11 Å². The van der Waals surface area contributed by atoms with E-state index in [1.54, 1.807) is 6.92 Å². The predicted octanol–water partition coefficient (Wildman–Crippen LogP) is 2.28. The van der Waals surface area contributed by atoms with Crippen molar-refractivity contribution in [2.24, 2.45) is 5.92 Å². The Morgan fingerprint density at radius 2 is 1.84 bits per heavy atom.